The van der Waals surface area contributed by atoms with Crippen molar-refractivity contribution in [2.75, 3.05) is 27.4 Å². The van der Waals surface area contributed by atoms with Gasteiger partial charge in [0.1, 0.15) is 23.7 Å². The molecule has 6 atom stereocenters. The summed E-state index contributed by atoms with van der Waals surface area (Å²) in [7, 11) is 3.00. The maximum Gasteiger partial charge on any atom is 0.407 e. The fraction of sp³-hybridized carbons (Fsp3) is 0.472. The third kappa shape index (κ3) is 9.12. The van der Waals surface area contributed by atoms with Crippen molar-refractivity contribution in [2.45, 2.75) is 122 Å². The molecule has 352 valence electrons. The normalized spacial score (nSPS) is 20.6. The summed E-state index contributed by atoms with van der Waals surface area (Å²) >= 11 is 0. The first-order chi connectivity index (χ1) is 32.5. The van der Waals surface area contributed by atoms with Crippen molar-refractivity contribution >= 4 is 23.8 Å². The Labute approximate surface area is 393 Å². The minimum atomic E-state index is -0.799. The van der Waals surface area contributed by atoms with Crippen molar-refractivity contribution in [3.63, 3.8) is 0 Å². The SMILES string of the molecule is CCCC(=O)N[C@@H](C(=O)N1C[C@@H](COC)C[C@H]1c1nc2c([nH]1)-c1cc3c(cc1CC2)-c1ccc(-c2cnc([C@@H]4CC[C@H](C)N4C(=O)[C@@H](NC(=O)OC)C(C)C)[nH]2)cc1CCC3)c1ccccc1. The van der Waals surface area contributed by atoms with Gasteiger partial charge in [-0.2, -0.15) is 0 Å². The first-order valence-corrected chi connectivity index (χ1v) is 24.2. The Bertz CT molecular complexity index is 2640. The Morgan fingerprint density at radius 2 is 1.60 bits per heavy atom. The van der Waals surface area contributed by atoms with E-state index < -0.39 is 18.2 Å². The maximum absolute atomic E-state index is 14.6. The molecule has 0 unspecified atom stereocenters. The molecule has 4 heterocycles. The molecule has 14 nitrogen and oxygen atoms in total. The zero-order valence-corrected chi connectivity index (χ0v) is 39.6. The number of hydrogen-bond donors (Lipinski definition) is 4. The predicted octanol–water partition coefficient (Wildman–Crippen LogP) is 8.35. The van der Waals surface area contributed by atoms with Gasteiger partial charge in [-0.1, -0.05) is 69.3 Å². The number of methoxy groups -OCH3 is 2. The summed E-state index contributed by atoms with van der Waals surface area (Å²) in [5.74, 6) is 1.13. The number of H-pyrrole nitrogens is 2. The van der Waals surface area contributed by atoms with Crippen LogP contribution < -0.4 is 10.6 Å². The van der Waals surface area contributed by atoms with Crippen molar-refractivity contribution in [3.05, 3.63) is 106 Å². The van der Waals surface area contributed by atoms with Gasteiger partial charge in [-0.05, 0) is 122 Å². The Kier molecular flexibility index (Phi) is 13.4. The van der Waals surface area contributed by atoms with E-state index in [-0.39, 0.29) is 47.7 Å². The van der Waals surface area contributed by atoms with Gasteiger partial charge in [0, 0.05) is 37.6 Å². The van der Waals surface area contributed by atoms with Crippen LogP contribution in [0.4, 0.5) is 4.79 Å². The van der Waals surface area contributed by atoms with Crippen LogP contribution in [0.25, 0.3) is 33.6 Å². The lowest BCUT2D eigenvalue weighted by Crippen LogP contribution is -2.52. The van der Waals surface area contributed by atoms with Crippen LogP contribution in [-0.4, -0.2) is 93.0 Å². The zero-order valence-electron chi connectivity index (χ0n) is 39.6. The van der Waals surface area contributed by atoms with Crippen molar-refractivity contribution in [1.82, 2.24) is 40.4 Å². The highest BCUT2D eigenvalue weighted by Gasteiger charge is 2.43. The van der Waals surface area contributed by atoms with Gasteiger partial charge in [-0.25, -0.2) is 14.8 Å². The van der Waals surface area contributed by atoms with Crippen LogP contribution in [0, 0.1) is 11.8 Å². The molecule has 2 saturated heterocycles. The van der Waals surface area contributed by atoms with Gasteiger partial charge in [-0.15, -0.1) is 0 Å². The number of likely N-dealkylation sites (tertiary alicyclic amines) is 2. The number of ether oxygens (including phenoxy) is 2. The van der Waals surface area contributed by atoms with Crippen LogP contribution in [-0.2, 0) is 49.5 Å². The third-order valence-electron chi connectivity index (χ3n) is 14.4. The van der Waals surface area contributed by atoms with Crippen molar-refractivity contribution < 1.29 is 28.7 Å². The quantitative estimate of drug-likeness (QED) is 0.0912. The number of nitrogens with zero attached hydrogens (tertiary/aromatic N) is 4. The second-order valence-corrected chi connectivity index (χ2v) is 19.3. The second kappa shape index (κ2) is 19.5. The smallest absolute Gasteiger partial charge is 0.407 e. The standard InChI is InChI=1S/C53H64N8O6/c1-7-12-45(62)57-47(33-13-9-8-10-14-33)51(63)60-28-32(29-66-5)23-44(60)50-55-41-21-19-36-25-39-35(26-40(36)48(41)58-50)16-11-15-34-24-37(18-20-38(34)39)42-27-54-49(56-42)43-22-17-31(4)61(43)52(64)46(30(2)3)59-53(65)67-6/h8-10,13-14,18,20,24-27,30-32,43-44,46-47H,7,11-12,15-17,19,21-23,28-29H2,1-6H3,(H,54,56)(H,55,58)(H,57,62)(H,59,65)/t31-,32-,43-,44-,46-,47+/m0/s1. The molecule has 67 heavy (non-hydrogen) atoms. The van der Waals surface area contributed by atoms with Crippen LogP contribution >= 0.6 is 0 Å². The average Bonchev–Trinajstić information content (AvgIpc) is 4.14. The van der Waals surface area contributed by atoms with E-state index in [0.717, 1.165) is 84.8 Å². The average molecular weight is 909 g/mol. The maximum atomic E-state index is 14.6. The summed E-state index contributed by atoms with van der Waals surface area (Å²) in [4.78, 5) is 74.9. The third-order valence-corrected chi connectivity index (χ3v) is 14.4. The molecule has 2 aliphatic carbocycles. The number of carbonyl (C=O) groups excluding carboxylic acids is 4. The van der Waals surface area contributed by atoms with E-state index in [1.807, 2.05) is 67.1 Å². The molecule has 4 amide bonds. The monoisotopic (exact) mass is 908 g/mol. The van der Waals surface area contributed by atoms with Crippen LogP contribution in [0.5, 0.6) is 0 Å². The van der Waals surface area contributed by atoms with Crippen LogP contribution in [0.1, 0.15) is 124 Å². The Morgan fingerprint density at radius 3 is 2.34 bits per heavy atom. The van der Waals surface area contributed by atoms with Crippen molar-refractivity contribution in [3.8, 4) is 33.6 Å². The molecule has 4 N–H and O–H groups in total. The van der Waals surface area contributed by atoms with Gasteiger partial charge < -0.3 is 39.9 Å². The topological polar surface area (TPSA) is 175 Å². The lowest BCUT2D eigenvalue weighted by Gasteiger charge is -2.32. The number of amides is 4. The number of benzene rings is 3. The van der Waals surface area contributed by atoms with Crippen molar-refractivity contribution in [1.29, 1.82) is 0 Å². The second-order valence-electron chi connectivity index (χ2n) is 19.3. The number of aromatic nitrogens is 4. The number of imidazole rings is 2. The number of alkyl carbamates (subject to hydrolysis) is 1. The van der Waals surface area contributed by atoms with Gasteiger partial charge in [-0.3, -0.25) is 14.4 Å². The zero-order chi connectivity index (χ0) is 46.9. The minimum Gasteiger partial charge on any atom is -0.453 e. The molecule has 0 saturated carbocycles. The fourth-order valence-corrected chi connectivity index (χ4v) is 11.0. The van der Waals surface area contributed by atoms with Gasteiger partial charge in [0.25, 0.3) is 0 Å². The summed E-state index contributed by atoms with van der Waals surface area (Å²) in [6, 6.07) is 19.0. The summed E-state index contributed by atoms with van der Waals surface area (Å²) in [5.41, 5.74) is 12.4. The van der Waals surface area contributed by atoms with E-state index in [4.69, 9.17) is 19.4 Å². The molecule has 2 aromatic heterocycles. The van der Waals surface area contributed by atoms with Crippen LogP contribution in [0.3, 0.4) is 0 Å². The number of rotatable bonds is 13. The number of hydrogen-bond acceptors (Lipinski definition) is 8. The number of nitrogens with one attached hydrogen (secondary N) is 4. The molecule has 2 aliphatic heterocycles. The van der Waals surface area contributed by atoms with Crippen molar-refractivity contribution in [2.24, 2.45) is 11.8 Å². The molecule has 4 aliphatic rings. The van der Waals surface area contributed by atoms with Crippen LogP contribution in [0.2, 0.25) is 0 Å². The minimum absolute atomic E-state index is 0.000797. The Morgan fingerprint density at radius 1 is 0.836 bits per heavy atom. The Balaban J connectivity index is 0.971. The van der Waals surface area contributed by atoms with E-state index in [0.29, 0.717) is 32.4 Å². The lowest BCUT2D eigenvalue weighted by molar-refractivity contribution is -0.138. The number of aromatic amines is 2. The molecule has 0 spiro atoms. The van der Waals surface area contributed by atoms with Crippen LogP contribution in [0.15, 0.2) is 66.9 Å². The molecule has 5 aromatic rings. The largest absolute Gasteiger partial charge is 0.453 e. The first kappa shape index (κ1) is 45.9. The number of carbonyl (C=O) groups is 4. The van der Waals surface area contributed by atoms with E-state index >= 15 is 0 Å². The van der Waals surface area contributed by atoms with E-state index in [2.05, 4.69) is 57.9 Å². The summed E-state index contributed by atoms with van der Waals surface area (Å²) < 4.78 is 10.5. The molecule has 0 radical (unpaired) electrons. The van der Waals surface area contributed by atoms with Gasteiger partial charge in [0.2, 0.25) is 17.7 Å². The molecular formula is C53H64N8O6. The highest BCUT2D eigenvalue weighted by Crippen LogP contribution is 2.44. The fourth-order valence-electron chi connectivity index (χ4n) is 11.0. The van der Waals surface area contributed by atoms with Gasteiger partial charge >= 0.3 is 6.09 Å². The molecule has 3 aromatic carbocycles. The van der Waals surface area contributed by atoms with E-state index in [1.165, 1.54) is 40.5 Å². The van der Waals surface area contributed by atoms with E-state index in [1.54, 1.807) is 7.11 Å². The lowest BCUT2D eigenvalue weighted by atomic mass is 9.85. The molecule has 0 bridgehead atoms. The molecular weight excluding hydrogens is 845 g/mol. The highest BCUT2D eigenvalue weighted by atomic mass is 16.5. The molecule has 14 heteroatoms. The Hall–Kier alpha value is -6.28. The van der Waals surface area contributed by atoms with Gasteiger partial charge in [0.15, 0.2) is 0 Å². The number of aryl methyl sites for hydroxylation is 4. The highest BCUT2D eigenvalue weighted by molar-refractivity contribution is 5.89. The predicted molar refractivity (Wildman–Crippen MR) is 256 cm³/mol. The first-order valence-electron chi connectivity index (χ1n) is 24.2. The van der Waals surface area contributed by atoms with Gasteiger partial charge in [0.05, 0.1) is 49.1 Å². The molecule has 2 fully saturated rings. The van der Waals surface area contributed by atoms with E-state index in [9.17, 15) is 19.2 Å². The number of fused-ring (bicyclic) bond motifs is 6. The summed E-state index contributed by atoms with van der Waals surface area (Å²) in [5, 5.41) is 5.80. The summed E-state index contributed by atoms with van der Waals surface area (Å²) in [6.07, 6.45) is 9.15. The molecule has 9 rings (SSSR count). The summed E-state index contributed by atoms with van der Waals surface area (Å²) in [6.45, 7) is 8.90.